The number of halogens is 1. The Labute approximate surface area is 140 Å². The van der Waals surface area contributed by atoms with Gasteiger partial charge in [0.2, 0.25) is 0 Å². The van der Waals surface area contributed by atoms with Gasteiger partial charge in [-0.2, -0.15) is 0 Å². The number of carboxylic acid groups (broad SMARTS) is 1. The highest BCUT2D eigenvalue weighted by Gasteiger charge is 2.17. The van der Waals surface area contributed by atoms with Gasteiger partial charge in [0.15, 0.2) is 0 Å². The Morgan fingerprint density at radius 1 is 1.48 bits per heavy atom. The van der Waals surface area contributed by atoms with Crippen LogP contribution in [0, 0.1) is 0 Å². The molecule has 0 radical (unpaired) electrons. The number of aliphatic carboxylic acids is 1. The van der Waals surface area contributed by atoms with Crippen LogP contribution in [0.2, 0.25) is 0 Å². The van der Waals surface area contributed by atoms with E-state index in [-0.39, 0.29) is 6.42 Å². The summed E-state index contributed by atoms with van der Waals surface area (Å²) in [5.74, 6) is 0.222. The van der Waals surface area contributed by atoms with E-state index in [0.717, 1.165) is 36.2 Å². The number of hydrogen-bond acceptors (Lipinski definition) is 4. The van der Waals surface area contributed by atoms with E-state index >= 15 is 0 Å². The summed E-state index contributed by atoms with van der Waals surface area (Å²) in [6.07, 6.45) is 1.24. The molecule has 0 saturated heterocycles. The van der Waals surface area contributed by atoms with Gasteiger partial charge < -0.3 is 20.3 Å². The molecular formula is C16H23ClN4O2. The summed E-state index contributed by atoms with van der Waals surface area (Å²) < 4.78 is 1.90. The summed E-state index contributed by atoms with van der Waals surface area (Å²) in [6, 6.07) is 5.13. The van der Waals surface area contributed by atoms with E-state index in [9.17, 15) is 4.79 Å². The van der Waals surface area contributed by atoms with Crippen LogP contribution in [0.5, 0.6) is 0 Å². The van der Waals surface area contributed by atoms with Crippen LogP contribution in [0.3, 0.4) is 0 Å². The summed E-state index contributed by atoms with van der Waals surface area (Å²) in [5, 5.41) is 8.96. The van der Waals surface area contributed by atoms with Gasteiger partial charge in [0.05, 0.1) is 11.0 Å². The predicted octanol–water partition coefficient (Wildman–Crippen LogP) is 1.98. The molecule has 23 heavy (non-hydrogen) atoms. The van der Waals surface area contributed by atoms with Crippen LogP contribution in [0.25, 0.3) is 11.0 Å². The molecule has 3 N–H and O–H groups in total. The fourth-order valence-corrected chi connectivity index (χ4v) is 2.85. The molecule has 0 amide bonds. The minimum Gasteiger partial charge on any atom is -0.480 e. The molecule has 1 atom stereocenters. The highest BCUT2D eigenvalue weighted by molar-refractivity contribution is 6.18. The van der Waals surface area contributed by atoms with Crippen molar-refractivity contribution >= 4 is 34.3 Å². The molecule has 0 aliphatic heterocycles. The fourth-order valence-electron chi connectivity index (χ4n) is 2.64. The molecule has 126 valence electrons. The first-order valence-electron chi connectivity index (χ1n) is 7.72. The lowest BCUT2D eigenvalue weighted by Gasteiger charge is -2.23. The minimum atomic E-state index is -1.02. The molecule has 0 aliphatic carbocycles. The third-order valence-electron chi connectivity index (χ3n) is 3.89. The monoisotopic (exact) mass is 338 g/mol. The van der Waals surface area contributed by atoms with Gasteiger partial charge in [-0.15, -0.1) is 11.6 Å². The number of nitrogens with two attached hydrogens (primary N) is 1. The van der Waals surface area contributed by atoms with Crippen molar-refractivity contribution in [2.45, 2.75) is 25.8 Å². The summed E-state index contributed by atoms with van der Waals surface area (Å²) >= 11 is 5.89. The van der Waals surface area contributed by atoms with Gasteiger partial charge in [0.1, 0.15) is 11.9 Å². The number of anilines is 1. The van der Waals surface area contributed by atoms with Crippen molar-refractivity contribution in [1.82, 2.24) is 9.55 Å². The Balaban J connectivity index is 2.34. The maximum Gasteiger partial charge on any atom is 0.320 e. The zero-order valence-electron chi connectivity index (χ0n) is 13.5. The van der Waals surface area contributed by atoms with Crippen LogP contribution in [-0.2, 0) is 18.3 Å². The summed E-state index contributed by atoms with van der Waals surface area (Å²) in [5.41, 5.74) is 8.50. The van der Waals surface area contributed by atoms with Crippen molar-refractivity contribution < 1.29 is 9.90 Å². The lowest BCUT2D eigenvalue weighted by Crippen LogP contribution is -2.33. The van der Waals surface area contributed by atoms with E-state index in [0.29, 0.717) is 11.7 Å². The fraction of sp³-hybridized carbons (Fsp3) is 0.500. The van der Waals surface area contributed by atoms with Crippen LogP contribution >= 0.6 is 11.6 Å². The predicted molar refractivity (Wildman–Crippen MR) is 93.3 cm³/mol. The van der Waals surface area contributed by atoms with E-state index in [2.05, 4.69) is 16.8 Å². The SMILES string of the molecule is CCCN(CCCl)c1ccc2c(c1)nc(C[C@H](N)C(=O)O)n2C. The number of benzene rings is 1. The van der Waals surface area contributed by atoms with Crippen molar-refractivity contribution in [3.63, 3.8) is 0 Å². The molecule has 0 saturated carbocycles. The maximum atomic E-state index is 10.9. The Bertz CT molecular complexity index is 680. The van der Waals surface area contributed by atoms with Crippen LogP contribution in [0.1, 0.15) is 19.2 Å². The number of fused-ring (bicyclic) bond motifs is 1. The van der Waals surface area contributed by atoms with E-state index in [1.54, 1.807) is 0 Å². The van der Waals surface area contributed by atoms with Gasteiger partial charge in [-0.1, -0.05) is 6.92 Å². The number of alkyl halides is 1. The van der Waals surface area contributed by atoms with Crippen LogP contribution in [0.15, 0.2) is 18.2 Å². The van der Waals surface area contributed by atoms with E-state index in [1.807, 2.05) is 29.8 Å². The molecule has 0 unspecified atom stereocenters. The number of imidazole rings is 1. The second-order valence-corrected chi connectivity index (χ2v) is 5.96. The smallest absolute Gasteiger partial charge is 0.320 e. The van der Waals surface area contributed by atoms with Crippen LogP contribution in [0.4, 0.5) is 5.69 Å². The first-order valence-corrected chi connectivity index (χ1v) is 8.26. The minimum absolute atomic E-state index is 0.205. The number of carboxylic acids is 1. The molecule has 1 heterocycles. The topological polar surface area (TPSA) is 84.4 Å². The third-order valence-corrected chi connectivity index (χ3v) is 4.06. The zero-order valence-corrected chi connectivity index (χ0v) is 14.3. The van der Waals surface area contributed by atoms with E-state index < -0.39 is 12.0 Å². The van der Waals surface area contributed by atoms with Crippen LogP contribution < -0.4 is 10.6 Å². The number of nitrogens with zero attached hydrogens (tertiary/aromatic N) is 3. The van der Waals surface area contributed by atoms with E-state index in [1.165, 1.54) is 0 Å². The van der Waals surface area contributed by atoms with Gasteiger partial charge in [-0.05, 0) is 24.6 Å². The van der Waals surface area contributed by atoms with Gasteiger partial charge in [-0.25, -0.2) is 4.98 Å². The highest BCUT2D eigenvalue weighted by Crippen LogP contribution is 2.23. The lowest BCUT2D eigenvalue weighted by atomic mass is 10.2. The number of aryl methyl sites for hydroxylation is 1. The highest BCUT2D eigenvalue weighted by atomic mass is 35.5. The molecule has 2 aromatic rings. The molecule has 0 bridgehead atoms. The number of rotatable bonds is 8. The third kappa shape index (κ3) is 3.95. The lowest BCUT2D eigenvalue weighted by molar-refractivity contribution is -0.138. The van der Waals surface area contributed by atoms with Crippen molar-refractivity contribution in [2.24, 2.45) is 12.8 Å². The molecule has 2 rings (SSSR count). The van der Waals surface area contributed by atoms with Gasteiger partial charge in [0.25, 0.3) is 0 Å². The maximum absolute atomic E-state index is 10.9. The number of hydrogen-bond donors (Lipinski definition) is 2. The first-order chi connectivity index (χ1) is 11.0. The summed E-state index contributed by atoms with van der Waals surface area (Å²) in [7, 11) is 1.88. The van der Waals surface area contributed by atoms with Crippen molar-refractivity contribution in [2.75, 3.05) is 23.9 Å². The molecule has 0 spiro atoms. The molecule has 0 fully saturated rings. The molecule has 0 aliphatic rings. The van der Waals surface area contributed by atoms with Gasteiger partial charge in [-0.3, -0.25) is 4.79 Å². The molecule has 1 aromatic carbocycles. The first kappa shape index (κ1) is 17.6. The normalized spacial score (nSPS) is 12.5. The van der Waals surface area contributed by atoms with Gasteiger partial charge >= 0.3 is 5.97 Å². The Morgan fingerprint density at radius 3 is 2.83 bits per heavy atom. The average Bonchev–Trinajstić information content (AvgIpc) is 2.82. The standard InChI is InChI=1S/C16H23ClN4O2/c1-3-7-21(8-6-17)11-4-5-14-13(9-11)19-15(20(14)2)10-12(18)16(22)23/h4-5,9,12H,3,6-8,10,18H2,1-2H3,(H,22,23)/t12-/m0/s1. The van der Waals surface area contributed by atoms with Crippen LogP contribution in [-0.4, -0.2) is 45.6 Å². The molecular weight excluding hydrogens is 316 g/mol. The Kier molecular flexibility index (Phi) is 5.85. The molecule has 6 nitrogen and oxygen atoms in total. The molecule has 7 heteroatoms. The Morgan fingerprint density at radius 2 is 2.22 bits per heavy atom. The van der Waals surface area contributed by atoms with E-state index in [4.69, 9.17) is 22.4 Å². The number of aromatic nitrogens is 2. The second-order valence-electron chi connectivity index (χ2n) is 5.58. The van der Waals surface area contributed by atoms with Crippen molar-refractivity contribution in [3.8, 4) is 0 Å². The largest absolute Gasteiger partial charge is 0.480 e. The van der Waals surface area contributed by atoms with Crippen molar-refractivity contribution in [3.05, 3.63) is 24.0 Å². The average molecular weight is 339 g/mol. The second kappa shape index (κ2) is 7.66. The zero-order chi connectivity index (χ0) is 17.0. The summed E-state index contributed by atoms with van der Waals surface area (Å²) in [6.45, 7) is 3.85. The number of carbonyl (C=O) groups is 1. The Hall–Kier alpha value is -1.79. The molecule has 1 aromatic heterocycles. The summed E-state index contributed by atoms with van der Waals surface area (Å²) in [4.78, 5) is 17.7. The quantitative estimate of drug-likeness (QED) is 0.719. The van der Waals surface area contributed by atoms with Crippen molar-refractivity contribution in [1.29, 1.82) is 0 Å². The van der Waals surface area contributed by atoms with Gasteiger partial charge in [0, 0.05) is 38.1 Å².